The molecular formula is C23H23FN4O2S. The highest BCUT2D eigenvalue weighted by molar-refractivity contribution is 7.90. The molecule has 3 heterocycles. The zero-order chi connectivity index (χ0) is 21.6. The fourth-order valence-corrected chi connectivity index (χ4v) is 5.75. The number of nitrogens with zero attached hydrogens (tertiary/aromatic N) is 4. The molecule has 1 aliphatic rings. The van der Waals surface area contributed by atoms with E-state index in [4.69, 9.17) is 0 Å². The van der Waals surface area contributed by atoms with Crippen LogP contribution >= 0.6 is 0 Å². The summed E-state index contributed by atoms with van der Waals surface area (Å²) in [6.45, 7) is 0. The van der Waals surface area contributed by atoms with Crippen molar-refractivity contribution in [2.75, 3.05) is 0 Å². The van der Waals surface area contributed by atoms with Crippen LogP contribution in [-0.2, 0) is 22.7 Å². The average molecular weight is 439 g/mol. The third-order valence-electron chi connectivity index (χ3n) is 6.09. The van der Waals surface area contributed by atoms with Gasteiger partial charge in [-0.3, -0.25) is 4.68 Å². The van der Waals surface area contributed by atoms with Crippen molar-refractivity contribution in [2.24, 2.45) is 7.05 Å². The third kappa shape index (κ3) is 3.35. The lowest BCUT2D eigenvalue weighted by atomic mass is 9.81. The molecule has 1 saturated carbocycles. The van der Waals surface area contributed by atoms with Gasteiger partial charge in [-0.05, 0) is 43.9 Å². The molecule has 31 heavy (non-hydrogen) atoms. The lowest BCUT2D eigenvalue weighted by Gasteiger charge is -2.29. The van der Waals surface area contributed by atoms with E-state index in [1.165, 1.54) is 10.2 Å². The number of halogens is 1. The molecule has 0 amide bonds. The quantitative estimate of drug-likeness (QED) is 0.459. The van der Waals surface area contributed by atoms with E-state index < -0.39 is 15.7 Å². The zero-order valence-electron chi connectivity index (χ0n) is 17.2. The molecule has 4 aromatic rings. The first-order valence-electron chi connectivity index (χ1n) is 10.4. The van der Waals surface area contributed by atoms with Crippen LogP contribution in [0.3, 0.4) is 0 Å². The molecule has 0 bridgehead atoms. The first-order valence-corrected chi connectivity index (χ1v) is 11.8. The predicted octanol–water partition coefficient (Wildman–Crippen LogP) is 4.80. The van der Waals surface area contributed by atoms with Gasteiger partial charge in [0.25, 0.3) is 10.0 Å². The Morgan fingerprint density at radius 3 is 2.45 bits per heavy atom. The summed E-state index contributed by atoms with van der Waals surface area (Å²) in [6, 6.07) is 10.0. The van der Waals surface area contributed by atoms with Gasteiger partial charge in [0.2, 0.25) is 0 Å². The highest BCUT2D eigenvalue weighted by Gasteiger charge is 2.35. The Morgan fingerprint density at radius 2 is 1.77 bits per heavy atom. The number of alkyl halides is 1. The van der Waals surface area contributed by atoms with Crippen LogP contribution in [0, 0.1) is 0 Å². The smallest absolute Gasteiger partial charge is 0.269 e. The minimum atomic E-state index is -3.87. The second-order valence-corrected chi connectivity index (χ2v) is 10.00. The van der Waals surface area contributed by atoms with Crippen molar-refractivity contribution >= 4 is 21.1 Å². The summed E-state index contributed by atoms with van der Waals surface area (Å²) in [5, 5.41) is 4.82. The summed E-state index contributed by atoms with van der Waals surface area (Å²) in [5.74, 6) is 0. The van der Waals surface area contributed by atoms with Gasteiger partial charge in [-0.2, -0.15) is 5.10 Å². The minimum absolute atomic E-state index is 0.171. The van der Waals surface area contributed by atoms with E-state index in [1.807, 2.05) is 6.20 Å². The Balaban J connectivity index is 1.75. The highest BCUT2D eigenvalue weighted by atomic mass is 32.2. The first kappa shape index (κ1) is 19.9. The molecule has 0 radical (unpaired) electrons. The van der Waals surface area contributed by atoms with E-state index in [-0.39, 0.29) is 10.5 Å². The van der Waals surface area contributed by atoms with Crippen LogP contribution in [0.15, 0.2) is 66.1 Å². The summed E-state index contributed by atoms with van der Waals surface area (Å²) in [4.78, 5) is 4.63. The number of hydrogen-bond acceptors (Lipinski definition) is 4. The molecule has 0 saturated heterocycles. The summed E-state index contributed by atoms with van der Waals surface area (Å²) in [6.07, 6.45) is 10.2. The van der Waals surface area contributed by atoms with E-state index >= 15 is 4.39 Å². The SMILES string of the molecule is Cn1cc(-c2cn(S(=O)(=O)c3ccccc3)c3ncc(C4(F)CCCCC4)cc23)cn1. The molecule has 0 atom stereocenters. The Hall–Kier alpha value is -3.00. The molecule has 5 rings (SSSR count). The van der Waals surface area contributed by atoms with Crippen molar-refractivity contribution in [1.29, 1.82) is 0 Å². The Bertz CT molecular complexity index is 1350. The van der Waals surface area contributed by atoms with Crippen molar-refractivity contribution in [3.63, 3.8) is 0 Å². The van der Waals surface area contributed by atoms with E-state index in [1.54, 1.807) is 60.5 Å². The van der Waals surface area contributed by atoms with Gasteiger partial charge in [0.05, 0.1) is 11.1 Å². The number of benzene rings is 1. The van der Waals surface area contributed by atoms with E-state index in [2.05, 4.69) is 10.1 Å². The van der Waals surface area contributed by atoms with E-state index in [0.717, 1.165) is 24.8 Å². The summed E-state index contributed by atoms with van der Waals surface area (Å²) in [7, 11) is -2.07. The summed E-state index contributed by atoms with van der Waals surface area (Å²) < 4.78 is 45.3. The van der Waals surface area contributed by atoms with Crippen molar-refractivity contribution in [1.82, 2.24) is 18.7 Å². The second kappa shape index (κ2) is 7.30. The molecule has 1 fully saturated rings. The van der Waals surface area contributed by atoms with Gasteiger partial charge in [-0.15, -0.1) is 0 Å². The van der Waals surface area contributed by atoms with Gasteiger partial charge in [-0.25, -0.2) is 21.8 Å². The maximum absolute atomic E-state index is 15.7. The number of hydrogen-bond donors (Lipinski definition) is 0. The van der Waals surface area contributed by atoms with Crippen LogP contribution in [0.1, 0.15) is 37.7 Å². The molecule has 1 aromatic carbocycles. The largest absolute Gasteiger partial charge is 0.275 e. The van der Waals surface area contributed by atoms with Crippen LogP contribution in [0.4, 0.5) is 4.39 Å². The molecule has 0 N–H and O–H groups in total. The number of rotatable bonds is 4. The lowest BCUT2D eigenvalue weighted by molar-refractivity contribution is 0.106. The zero-order valence-corrected chi connectivity index (χ0v) is 18.0. The van der Waals surface area contributed by atoms with Gasteiger partial charge >= 0.3 is 0 Å². The molecule has 0 spiro atoms. The number of aromatic nitrogens is 4. The van der Waals surface area contributed by atoms with Gasteiger partial charge in [0.1, 0.15) is 5.67 Å². The molecule has 160 valence electrons. The lowest BCUT2D eigenvalue weighted by Crippen LogP contribution is -2.23. The van der Waals surface area contributed by atoms with Crippen LogP contribution in [0.5, 0.6) is 0 Å². The van der Waals surface area contributed by atoms with Crippen LogP contribution in [0.2, 0.25) is 0 Å². The first-order chi connectivity index (χ1) is 14.9. The van der Waals surface area contributed by atoms with Gasteiger partial charge < -0.3 is 0 Å². The maximum Gasteiger partial charge on any atom is 0.269 e. The van der Waals surface area contributed by atoms with E-state index in [0.29, 0.717) is 29.4 Å². The monoisotopic (exact) mass is 438 g/mol. The third-order valence-corrected chi connectivity index (χ3v) is 7.76. The maximum atomic E-state index is 15.7. The van der Waals surface area contributed by atoms with Gasteiger partial charge in [0.15, 0.2) is 5.65 Å². The molecule has 8 heteroatoms. The van der Waals surface area contributed by atoms with Crippen LogP contribution in [0.25, 0.3) is 22.2 Å². The molecule has 0 aliphatic heterocycles. The topological polar surface area (TPSA) is 69.8 Å². The average Bonchev–Trinajstić information content (AvgIpc) is 3.38. The molecular weight excluding hydrogens is 415 g/mol. The van der Waals surface area contributed by atoms with Crippen molar-refractivity contribution in [3.05, 3.63) is 66.7 Å². The summed E-state index contributed by atoms with van der Waals surface area (Å²) in [5.41, 5.74) is 0.790. The molecule has 0 unspecified atom stereocenters. The normalized spacial score (nSPS) is 16.6. The van der Waals surface area contributed by atoms with Crippen LogP contribution < -0.4 is 0 Å². The molecule has 3 aromatic heterocycles. The van der Waals surface area contributed by atoms with Crippen molar-refractivity contribution in [2.45, 2.75) is 42.7 Å². The molecule has 6 nitrogen and oxygen atoms in total. The Labute approximate surface area is 180 Å². The fraction of sp³-hybridized carbons (Fsp3) is 0.304. The van der Waals surface area contributed by atoms with E-state index in [9.17, 15) is 8.42 Å². The van der Waals surface area contributed by atoms with Crippen LogP contribution in [-0.4, -0.2) is 27.2 Å². The number of pyridine rings is 1. The summed E-state index contributed by atoms with van der Waals surface area (Å²) >= 11 is 0. The van der Waals surface area contributed by atoms with Crippen molar-refractivity contribution in [3.8, 4) is 11.1 Å². The Kier molecular flexibility index (Phi) is 4.69. The Morgan fingerprint density at radius 1 is 1.03 bits per heavy atom. The van der Waals surface area contributed by atoms with Crippen molar-refractivity contribution < 1.29 is 12.8 Å². The second-order valence-electron chi connectivity index (χ2n) is 8.18. The fourth-order valence-electron chi connectivity index (χ4n) is 4.40. The molecule has 1 aliphatic carbocycles. The number of aryl methyl sites for hydroxylation is 1. The van der Waals surface area contributed by atoms with Gasteiger partial charge in [0, 0.05) is 47.7 Å². The predicted molar refractivity (Wildman–Crippen MR) is 117 cm³/mol. The highest BCUT2D eigenvalue weighted by Crippen LogP contribution is 2.42. The standard InChI is InChI=1S/C23H23FN4O2S/c1-27-15-17(13-26-27)21-16-28(31(29,30)19-8-4-2-5-9-19)22-20(21)12-18(14-25-22)23(24)10-6-3-7-11-23/h2,4-5,8-9,12-16H,3,6-7,10-11H2,1H3. The number of fused-ring (bicyclic) bond motifs is 1. The minimum Gasteiger partial charge on any atom is -0.275 e. The van der Waals surface area contributed by atoms with Gasteiger partial charge in [-0.1, -0.05) is 24.6 Å².